The summed E-state index contributed by atoms with van der Waals surface area (Å²) in [6, 6.07) is 0. The Bertz CT molecular complexity index is 680. The number of unbranched alkanes of at least 4 members (excludes halogenated alkanes) is 29. The van der Waals surface area contributed by atoms with Gasteiger partial charge in [0.25, 0.3) is 0 Å². The molecule has 1 amide bonds. The first kappa shape index (κ1) is 52.1. The molecule has 0 saturated heterocycles. The van der Waals surface area contributed by atoms with Gasteiger partial charge in [-0.15, -0.1) is 0 Å². The predicted octanol–water partition coefficient (Wildman–Crippen LogP) is 13.5. The molecular formula is C46H93NO6. The van der Waals surface area contributed by atoms with E-state index < -0.39 is 0 Å². The molecule has 0 spiro atoms. The number of nitrogens with one attached hydrogen (secondary N) is 1. The molecular weight excluding hydrogens is 663 g/mol. The van der Waals surface area contributed by atoms with E-state index in [2.05, 4.69) is 19.2 Å². The minimum atomic E-state index is -0.382. The lowest BCUT2D eigenvalue weighted by atomic mass is 10.0. The van der Waals surface area contributed by atoms with Gasteiger partial charge in [-0.1, -0.05) is 200 Å². The molecule has 0 aliphatic carbocycles. The van der Waals surface area contributed by atoms with E-state index >= 15 is 0 Å². The summed E-state index contributed by atoms with van der Waals surface area (Å²) in [5.41, 5.74) is 0. The van der Waals surface area contributed by atoms with E-state index in [-0.39, 0.29) is 12.0 Å². The van der Waals surface area contributed by atoms with Gasteiger partial charge in [-0.2, -0.15) is 0 Å². The van der Waals surface area contributed by atoms with Gasteiger partial charge in [0.15, 0.2) is 0 Å². The molecule has 318 valence electrons. The quantitative estimate of drug-likeness (QED) is 0.0624. The molecule has 0 heterocycles. The monoisotopic (exact) mass is 756 g/mol. The molecule has 1 unspecified atom stereocenters. The van der Waals surface area contributed by atoms with Crippen molar-refractivity contribution in [3.63, 3.8) is 0 Å². The second-order valence-electron chi connectivity index (χ2n) is 15.8. The third kappa shape index (κ3) is 45.4. The molecule has 0 aliphatic rings. The number of methoxy groups -OCH3 is 1. The minimum absolute atomic E-state index is 0.0514. The number of carbonyl (C=O) groups excluding carboxylic acids is 1. The van der Waals surface area contributed by atoms with E-state index in [0.717, 1.165) is 32.5 Å². The summed E-state index contributed by atoms with van der Waals surface area (Å²) < 4.78 is 28.1. The fourth-order valence-electron chi connectivity index (χ4n) is 6.83. The topological polar surface area (TPSA) is 75.3 Å². The van der Waals surface area contributed by atoms with Crippen LogP contribution in [0.2, 0.25) is 0 Å². The molecule has 7 nitrogen and oxygen atoms in total. The molecule has 0 aliphatic heterocycles. The zero-order valence-electron chi connectivity index (χ0n) is 36.0. The maximum atomic E-state index is 12.3. The highest BCUT2D eigenvalue weighted by Gasteiger charge is 2.13. The van der Waals surface area contributed by atoms with Crippen molar-refractivity contribution in [2.45, 2.75) is 219 Å². The number of amides is 1. The molecule has 0 radical (unpaired) electrons. The molecule has 0 bridgehead atoms. The second kappa shape index (κ2) is 47.3. The summed E-state index contributed by atoms with van der Waals surface area (Å²) in [4.78, 5) is 12.3. The van der Waals surface area contributed by atoms with Gasteiger partial charge in [-0.05, 0) is 19.3 Å². The molecule has 53 heavy (non-hydrogen) atoms. The number of rotatable bonds is 46. The lowest BCUT2D eigenvalue weighted by molar-refractivity contribution is 0.00883. The SMILES string of the molecule is CCCCCCCCCCCCCCCCCCOCC(COCCCCCCCCCCCCCCCCC)COC(=O)NCCCOCCOC. The van der Waals surface area contributed by atoms with Crippen molar-refractivity contribution in [3.05, 3.63) is 0 Å². The summed E-state index contributed by atoms with van der Waals surface area (Å²) in [7, 11) is 1.66. The van der Waals surface area contributed by atoms with Gasteiger partial charge >= 0.3 is 6.09 Å². The van der Waals surface area contributed by atoms with Gasteiger partial charge in [0, 0.05) is 39.4 Å². The number of ether oxygens (including phenoxy) is 5. The van der Waals surface area contributed by atoms with E-state index in [4.69, 9.17) is 23.7 Å². The molecule has 0 aromatic rings. The zero-order valence-corrected chi connectivity index (χ0v) is 36.0. The highest BCUT2D eigenvalue weighted by molar-refractivity contribution is 5.67. The summed E-state index contributed by atoms with van der Waals surface area (Å²) in [6.45, 7) is 9.84. The fraction of sp³-hybridized carbons (Fsp3) is 0.978. The minimum Gasteiger partial charge on any atom is -0.449 e. The maximum Gasteiger partial charge on any atom is 0.407 e. The third-order valence-electron chi connectivity index (χ3n) is 10.4. The van der Waals surface area contributed by atoms with Crippen LogP contribution < -0.4 is 5.32 Å². The van der Waals surface area contributed by atoms with Crippen molar-refractivity contribution in [2.75, 3.05) is 66.5 Å². The van der Waals surface area contributed by atoms with Crippen LogP contribution in [0.3, 0.4) is 0 Å². The largest absolute Gasteiger partial charge is 0.449 e. The van der Waals surface area contributed by atoms with Crippen LogP contribution in [0.1, 0.15) is 219 Å². The molecule has 1 atom stereocenters. The standard InChI is InChI=1S/C46H93NO6/c1-4-6-8-10-12-14-16-18-20-22-24-26-28-30-32-34-38-52-43-45(44-53-46(48)47-36-35-39-50-41-40-49-3)42-51-37-33-31-29-27-25-23-21-19-17-15-13-11-9-7-5-2/h45H,4-44H2,1-3H3,(H,47,48). The van der Waals surface area contributed by atoms with E-state index in [1.54, 1.807) is 7.11 Å². The van der Waals surface area contributed by atoms with E-state index in [0.29, 0.717) is 46.2 Å². The molecule has 0 fully saturated rings. The summed E-state index contributed by atoms with van der Waals surface area (Å²) in [6.07, 6.45) is 42.7. The van der Waals surface area contributed by atoms with Crippen LogP contribution in [-0.4, -0.2) is 72.6 Å². The average molecular weight is 756 g/mol. The number of alkyl carbamates (subject to hydrolysis) is 1. The van der Waals surface area contributed by atoms with E-state index in [1.165, 1.54) is 186 Å². The molecule has 0 rings (SSSR count). The molecule has 0 saturated carbocycles. The Labute approximate surface area is 330 Å². The first-order chi connectivity index (χ1) is 26.2. The lowest BCUT2D eigenvalue weighted by Crippen LogP contribution is -2.30. The predicted molar refractivity (Wildman–Crippen MR) is 226 cm³/mol. The summed E-state index contributed by atoms with van der Waals surface area (Å²) in [5, 5.41) is 2.83. The van der Waals surface area contributed by atoms with Crippen molar-refractivity contribution in [3.8, 4) is 0 Å². The van der Waals surface area contributed by atoms with Crippen molar-refractivity contribution < 1.29 is 28.5 Å². The van der Waals surface area contributed by atoms with Crippen molar-refractivity contribution in [1.82, 2.24) is 5.32 Å². The molecule has 7 heteroatoms. The van der Waals surface area contributed by atoms with Crippen LogP contribution >= 0.6 is 0 Å². The first-order valence-electron chi connectivity index (χ1n) is 23.4. The molecule has 1 N–H and O–H groups in total. The van der Waals surface area contributed by atoms with Crippen LogP contribution in [-0.2, 0) is 23.7 Å². The van der Waals surface area contributed by atoms with Crippen molar-refractivity contribution in [1.29, 1.82) is 0 Å². The number of hydrogen-bond donors (Lipinski definition) is 1. The van der Waals surface area contributed by atoms with E-state index in [1.807, 2.05) is 0 Å². The van der Waals surface area contributed by atoms with Gasteiger partial charge in [0.05, 0.1) is 26.4 Å². The van der Waals surface area contributed by atoms with Crippen molar-refractivity contribution >= 4 is 6.09 Å². The molecule has 0 aromatic heterocycles. The van der Waals surface area contributed by atoms with Crippen LogP contribution in [0.5, 0.6) is 0 Å². The molecule has 0 aromatic carbocycles. The third-order valence-corrected chi connectivity index (χ3v) is 10.4. The Hall–Kier alpha value is -0.890. The van der Waals surface area contributed by atoms with Gasteiger partial charge < -0.3 is 29.0 Å². The van der Waals surface area contributed by atoms with Gasteiger partial charge in [0.2, 0.25) is 0 Å². The highest BCUT2D eigenvalue weighted by atomic mass is 16.6. The Morgan fingerprint density at radius 3 is 1.09 bits per heavy atom. The van der Waals surface area contributed by atoms with E-state index in [9.17, 15) is 4.79 Å². The zero-order chi connectivity index (χ0) is 38.4. The smallest absolute Gasteiger partial charge is 0.407 e. The number of carbonyl (C=O) groups is 1. The summed E-state index contributed by atoms with van der Waals surface area (Å²) >= 11 is 0. The van der Waals surface area contributed by atoms with Crippen molar-refractivity contribution in [2.24, 2.45) is 5.92 Å². The first-order valence-corrected chi connectivity index (χ1v) is 23.4. The highest BCUT2D eigenvalue weighted by Crippen LogP contribution is 2.15. The Morgan fingerprint density at radius 2 is 0.736 bits per heavy atom. The second-order valence-corrected chi connectivity index (χ2v) is 15.8. The van der Waals surface area contributed by atoms with Crippen LogP contribution in [0.15, 0.2) is 0 Å². The Balaban J connectivity index is 3.96. The van der Waals surface area contributed by atoms with Gasteiger partial charge in [-0.3, -0.25) is 0 Å². The normalized spacial score (nSPS) is 12.1. The lowest BCUT2D eigenvalue weighted by Gasteiger charge is -2.18. The maximum absolute atomic E-state index is 12.3. The Morgan fingerprint density at radius 1 is 0.396 bits per heavy atom. The fourth-order valence-corrected chi connectivity index (χ4v) is 6.83. The Kier molecular flexibility index (Phi) is 46.5. The van der Waals surface area contributed by atoms with Crippen LogP contribution in [0, 0.1) is 5.92 Å². The van der Waals surface area contributed by atoms with Gasteiger partial charge in [-0.25, -0.2) is 4.79 Å². The summed E-state index contributed by atoms with van der Waals surface area (Å²) in [5.74, 6) is 0.0514. The average Bonchev–Trinajstić information content (AvgIpc) is 3.16. The van der Waals surface area contributed by atoms with Gasteiger partial charge in [0.1, 0.15) is 6.61 Å². The van der Waals surface area contributed by atoms with Crippen LogP contribution in [0.4, 0.5) is 4.79 Å². The van der Waals surface area contributed by atoms with Crippen LogP contribution in [0.25, 0.3) is 0 Å². The number of hydrogen-bond acceptors (Lipinski definition) is 6.